The molecule has 2 aromatic carbocycles. The van der Waals surface area contributed by atoms with Crippen LogP contribution in [-0.4, -0.2) is 59.7 Å². The zero-order chi connectivity index (χ0) is 26.5. The van der Waals surface area contributed by atoms with Crippen molar-refractivity contribution < 1.29 is 14.3 Å². The number of amides is 3. The third-order valence-corrected chi connectivity index (χ3v) is 6.62. The SMILES string of the molecule is CCCCN(Cc1cccn1Cc1ccc(Br)cc1)C(=O)CN(CCCOC)C(=O)Nc1ccccc1. The topological polar surface area (TPSA) is 66.8 Å². The van der Waals surface area contributed by atoms with Crippen molar-refractivity contribution >= 4 is 33.6 Å². The van der Waals surface area contributed by atoms with Crippen LogP contribution in [0, 0.1) is 0 Å². The van der Waals surface area contributed by atoms with Crippen molar-refractivity contribution in [1.29, 1.82) is 0 Å². The summed E-state index contributed by atoms with van der Waals surface area (Å²) in [6, 6.07) is 21.3. The second kappa shape index (κ2) is 15.2. The number of unbranched alkanes of at least 4 members (excludes halogenated alkanes) is 1. The Labute approximate surface area is 228 Å². The van der Waals surface area contributed by atoms with E-state index in [4.69, 9.17) is 4.74 Å². The summed E-state index contributed by atoms with van der Waals surface area (Å²) in [6.07, 6.45) is 4.58. The van der Waals surface area contributed by atoms with Crippen LogP contribution in [0.15, 0.2) is 77.4 Å². The number of aromatic nitrogens is 1. The molecule has 7 nitrogen and oxygen atoms in total. The van der Waals surface area contributed by atoms with Gasteiger partial charge in [0.05, 0.1) is 6.54 Å². The number of hydrogen-bond donors (Lipinski definition) is 1. The minimum atomic E-state index is -0.287. The highest BCUT2D eigenvalue weighted by Crippen LogP contribution is 2.15. The highest BCUT2D eigenvalue weighted by molar-refractivity contribution is 9.10. The van der Waals surface area contributed by atoms with Crippen LogP contribution < -0.4 is 5.32 Å². The van der Waals surface area contributed by atoms with E-state index in [9.17, 15) is 9.59 Å². The Balaban J connectivity index is 1.71. The zero-order valence-electron chi connectivity index (χ0n) is 21.7. The van der Waals surface area contributed by atoms with E-state index in [0.717, 1.165) is 29.6 Å². The zero-order valence-corrected chi connectivity index (χ0v) is 23.3. The molecule has 0 aliphatic carbocycles. The summed E-state index contributed by atoms with van der Waals surface area (Å²) in [6.45, 7) is 4.95. The molecule has 0 fully saturated rings. The lowest BCUT2D eigenvalue weighted by Gasteiger charge is -2.28. The van der Waals surface area contributed by atoms with Crippen molar-refractivity contribution in [2.45, 2.75) is 39.3 Å². The highest BCUT2D eigenvalue weighted by Gasteiger charge is 2.22. The summed E-state index contributed by atoms with van der Waals surface area (Å²) >= 11 is 3.49. The summed E-state index contributed by atoms with van der Waals surface area (Å²) in [4.78, 5) is 30.1. The molecule has 37 heavy (non-hydrogen) atoms. The van der Waals surface area contributed by atoms with Crippen LogP contribution in [0.4, 0.5) is 10.5 Å². The summed E-state index contributed by atoms with van der Waals surface area (Å²) in [5, 5.41) is 2.91. The van der Waals surface area contributed by atoms with Gasteiger partial charge in [0.1, 0.15) is 6.54 Å². The number of ether oxygens (including phenoxy) is 1. The van der Waals surface area contributed by atoms with Crippen LogP contribution in [-0.2, 0) is 22.6 Å². The molecule has 3 rings (SSSR count). The van der Waals surface area contributed by atoms with Gasteiger partial charge >= 0.3 is 6.03 Å². The van der Waals surface area contributed by atoms with Crippen LogP contribution in [0.5, 0.6) is 0 Å². The molecule has 8 heteroatoms. The van der Waals surface area contributed by atoms with Gasteiger partial charge in [-0.05, 0) is 54.8 Å². The van der Waals surface area contributed by atoms with Crippen LogP contribution in [0.3, 0.4) is 0 Å². The fraction of sp³-hybridized carbons (Fsp3) is 0.379. The molecule has 0 bridgehead atoms. The van der Waals surface area contributed by atoms with Crippen LogP contribution in [0.1, 0.15) is 37.4 Å². The number of benzene rings is 2. The molecule has 0 radical (unpaired) electrons. The Morgan fingerprint density at radius 3 is 2.38 bits per heavy atom. The van der Waals surface area contributed by atoms with E-state index in [-0.39, 0.29) is 18.5 Å². The first kappa shape index (κ1) is 28.5. The molecule has 198 valence electrons. The standard InChI is InChI=1S/C29H37BrN4O3/c1-3-4-17-33(22-27-12-8-18-32(27)21-24-13-15-25(30)16-14-24)28(35)23-34(19-9-20-37-2)29(36)31-26-10-6-5-7-11-26/h5-8,10-16,18H,3-4,9,17,19-23H2,1-2H3,(H,31,36). The Hall–Kier alpha value is -3.10. The quantitative estimate of drug-likeness (QED) is 0.242. The first-order valence-corrected chi connectivity index (χ1v) is 13.6. The molecule has 1 aromatic heterocycles. The fourth-order valence-electron chi connectivity index (χ4n) is 4.01. The Bertz CT molecular complexity index is 1100. The van der Waals surface area contributed by atoms with Crippen molar-refractivity contribution in [2.24, 2.45) is 0 Å². The molecule has 0 aliphatic rings. The molecule has 1 N–H and O–H groups in total. The third kappa shape index (κ3) is 9.37. The average molecular weight is 570 g/mol. The largest absolute Gasteiger partial charge is 0.385 e. The molecule has 0 atom stereocenters. The molecular weight excluding hydrogens is 532 g/mol. The van der Waals surface area contributed by atoms with Gasteiger partial charge in [0.2, 0.25) is 5.91 Å². The number of anilines is 1. The molecule has 3 amide bonds. The summed E-state index contributed by atoms with van der Waals surface area (Å²) < 4.78 is 8.40. The number of halogens is 1. The predicted molar refractivity (Wildman–Crippen MR) is 152 cm³/mol. The first-order valence-electron chi connectivity index (χ1n) is 12.8. The Kier molecular flexibility index (Phi) is 11.7. The first-order chi connectivity index (χ1) is 18.0. The van der Waals surface area contributed by atoms with E-state index in [1.165, 1.54) is 5.56 Å². The monoisotopic (exact) mass is 568 g/mol. The number of carbonyl (C=O) groups is 2. The van der Waals surface area contributed by atoms with Gasteiger partial charge in [-0.25, -0.2) is 4.79 Å². The predicted octanol–water partition coefficient (Wildman–Crippen LogP) is 6.00. The Morgan fingerprint density at radius 2 is 1.68 bits per heavy atom. The molecule has 0 saturated heterocycles. The minimum Gasteiger partial charge on any atom is -0.385 e. The summed E-state index contributed by atoms with van der Waals surface area (Å²) in [5.74, 6) is -0.0644. The maximum Gasteiger partial charge on any atom is 0.322 e. The van der Waals surface area contributed by atoms with E-state index in [1.54, 1.807) is 12.0 Å². The highest BCUT2D eigenvalue weighted by atomic mass is 79.9. The lowest BCUT2D eigenvalue weighted by atomic mass is 10.2. The summed E-state index contributed by atoms with van der Waals surface area (Å²) in [7, 11) is 1.63. The second-order valence-corrected chi connectivity index (χ2v) is 9.90. The molecule has 0 unspecified atom stereocenters. The number of hydrogen-bond acceptors (Lipinski definition) is 3. The van der Waals surface area contributed by atoms with E-state index in [2.05, 4.69) is 50.9 Å². The molecular formula is C29H37BrN4O3. The maximum absolute atomic E-state index is 13.5. The summed E-state index contributed by atoms with van der Waals surface area (Å²) in [5.41, 5.74) is 2.95. The van der Waals surface area contributed by atoms with Crippen LogP contribution in [0.25, 0.3) is 0 Å². The van der Waals surface area contributed by atoms with Crippen molar-refractivity contribution in [3.05, 3.63) is 88.7 Å². The van der Waals surface area contributed by atoms with Gasteiger partial charge in [-0.2, -0.15) is 0 Å². The molecule has 3 aromatic rings. The lowest BCUT2D eigenvalue weighted by molar-refractivity contribution is -0.132. The number of rotatable bonds is 14. The van der Waals surface area contributed by atoms with Crippen LogP contribution in [0.2, 0.25) is 0 Å². The van der Waals surface area contributed by atoms with E-state index >= 15 is 0 Å². The number of para-hydroxylation sites is 1. The molecule has 1 heterocycles. The number of nitrogens with one attached hydrogen (secondary N) is 1. The van der Waals surface area contributed by atoms with Gasteiger partial charge in [0, 0.05) is 55.4 Å². The van der Waals surface area contributed by atoms with Gasteiger partial charge in [0.25, 0.3) is 0 Å². The second-order valence-electron chi connectivity index (χ2n) is 8.99. The van der Waals surface area contributed by atoms with Gasteiger partial charge in [0.15, 0.2) is 0 Å². The fourth-order valence-corrected chi connectivity index (χ4v) is 4.27. The van der Waals surface area contributed by atoms with Crippen molar-refractivity contribution in [3.63, 3.8) is 0 Å². The van der Waals surface area contributed by atoms with Crippen LogP contribution >= 0.6 is 15.9 Å². The molecule has 0 spiro atoms. The molecule has 0 saturated carbocycles. The van der Waals surface area contributed by atoms with Crippen molar-refractivity contribution in [2.75, 3.05) is 38.7 Å². The minimum absolute atomic E-state index is 0.0134. The number of nitrogens with zero attached hydrogens (tertiary/aromatic N) is 3. The number of carbonyl (C=O) groups excluding carboxylic acids is 2. The lowest BCUT2D eigenvalue weighted by Crippen LogP contribution is -2.45. The van der Waals surface area contributed by atoms with E-state index < -0.39 is 0 Å². The molecule has 0 aliphatic heterocycles. The Morgan fingerprint density at radius 1 is 0.946 bits per heavy atom. The van der Waals surface area contributed by atoms with Gasteiger partial charge in [-0.3, -0.25) is 4.79 Å². The van der Waals surface area contributed by atoms with E-state index in [0.29, 0.717) is 38.3 Å². The smallest absolute Gasteiger partial charge is 0.322 e. The van der Waals surface area contributed by atoms with Crippen molar-refractivity contribution in [3.8, 4) is 0 Å². The van der Waals surface area contributed by atoms with E-state index in [1.807, 2.05) is 59.6 Å². The number of urea groups is 1. The van der Waals surface area contributed by atoms with Gasteiger partial charge in [-0.15, -0.1) is 0 Å². The normalized spacial score (nSPS) is 10.8. The average Bonchev–Trinajstić information content (AvgIpc) is 3.34. The van der Waals surface area contributed by atoms with Gasteiger partial charge in [-0.1, -0.05) is 59.6 Å². The third-order valence-electron chi connectivity index (χ3n) is 6.09. The van der Waals surface area contributed by atoms with Crippen molar-refractivity contribution in [1.82, 2.24) is 14.4 Å². The number of methoxy groups -OCH3 is 1. The maximum atomic E-state index is 13.5. The van der Waals surface area contributed by atoms with Gasteiger partial charge < -0.3 is 24.4 Å².